The van der Waals surface area contributed by atoms with Gasteiger partial charge in [0, 0.05) is 15.5 Å². The number of benzene rings is 1. The second kappa shape index (κ2) is 4.27. The predicted octanol–water partition coefficient (Wildman–Crippen LogP) is 3.68. The second-order valence-corrected chi connectivity index (χ2v) is 5.07. The molecule has 0 saturated carbocycles. The van der Waals surface area contributed by atoms with Gasteiger partial charge in [0.15, 0.2) is 5.65 Å². The summed E-state index contributed by atoms with van der Waals surface area (Å²) in [6, 6.07) is 10.0. The van der Waals surface area contributed by atoms with E-state index < -0.39 is 0 Å². The molecule has 3 nitrogen and oxygen atoms in total. The molecule has 0 aliphatic heterocycles. The van der Waals surface area contributed by atoms with E-state index in [1.54, 1.807) is 0 Å². The first-order valence-corrected chi connectivity index (χ1v) is 6.45. The third-order valence-electron chi connectivity index (χ3n) is 2.52. The standard InChI is InChI=1S/C12H7ClIN3/c13-11-10-9(14)6-17(12(10)16-7-15-11)8-4-2-1-3-5-8/h1-7H. The summed E-state index contributed by atoms with van der Waals surface area (Å²) in [5.74, 6) is 0. The van der Waals surface area contributed by atoms with Crippen LogP contribution in [0.15, 0.2) is 42.9 Å². The average Bonchev–Trinajstić information content (AvgIpc) is 2.69. The molecular formula is C12H7ClIN3. The Bertz CT molecular complexity index is 679. The van der Waals surface area contributed by atoms with Gasteiger partial charge < -0.3 is 4.57 Å². The van der Waals surface area contributed by atoms with Crippen LogP contribution >= 0.6 is 34.2 Å². The molecule has 3 aromatic rings. The summed E-state index contributed by atoms with van der Waals surface area (Å²) in [4.78, 5) is 8.31. The van der Waals surface area contributed by atoms with E-state index in [1.165, 1.54) is 6.33 Å². The number of rotatable bonds is 1. The lowest BCUT2D eigenvalue weighted by atomic mass is 10.3. The van der Waals surface area contributed by atoms with Gasteiger partial charge in [0.1, 0.15) is 11.5 Å². The molecule has 1 aromatic carbocycles. The summed E-state index contributed by atoms with van der Waals surface area (Å²) in [7, 11) is 0. The molecule has 0 aliphatic carbocycles. The largest absolute Gasteiger partial charge is 0.300 e. The third-order valence-corrected chi connectivity index (χ3v) is 3.63. The molecule has 0 saturated heterocycles. The van der Waals surface area contributed by atoms with Gasteiger partial charge in [0.25, 0.3) is 0 Å². The monoisotopic (exact) mass is 355 g/mol. The zero-order valence-electron chi connectivity index (χ0n) is 8.64. The Morgan fingerprint density at radius 1 is 1.12 bits per heavy atom. The molecule has 0 amide bonds. The van der Waals surface area contributed by atoms with Crippen LogP contribution in [0.2, 0.25) is 5.15 Å². The van der Waals surface area contributed by atoms with Gasteiger partial charge in [-0.3, -0.25) is 0 Å². The normalized spacial score (nSPS) is 10.9. The molecule has 0 bridgehead atoms. The molecule has 2 heterocycles. The first-order valence-electron chi connectivity index (χ1n) is 5.00. The summed E-state index contributed by atoms with van der Waals surface area (Å²) in [6.45, 7) is 0. The zero-order valence-corrected chi connectivity index (χ0v) is 11.6. The van der Waals surface area contributed by atoms with Crippen LogP contribution in [0.5, 0.6) is 0 Å². The Balaban J connectivity index is 2.36. The molecule has 17 heavy (non-hydrogen) atoms. The minimum absolute atomic E-state index is 0.495. The van der Waals surface area contributed by atoms with Crippen molar-refractivity contribution in [2.75, 3.05) is 0 Å². The van der Waals surface area contributed by atoms with Crippen LogP contribution in [0.1, 0.15) is 0 Å². The van der Waals surface area contributed by atoms with Gasteiger partial charge in [0.05, 0.1) is 5.39 Å². The van der Waals surface area contributed by atoms with Crippen molar-refractivity contribution in [2.24, 2.45) is 0 Å². The quantitative estimate of drug-likeness (QED) is 0.492. The molecule has 0 atom stereocenters. The van der Waals surface area contributed by atoms with Crippen molar-refractivity contribution in [1.82, 2.24) is 14.5 Å². The Kier molecular flexibility index (Phi) is 2.76. The number of hydrogen-bond acceptors (Lipinski definition) is 2. The van der Waals surface area contributed by atoms with E-state index in [-0.39, 0.29) is 0 Å². The molecule has 0 N–H and O–H groups in total. The van der Waals surface area contributed by atoms with E-state index in [0.717, 1.165) is 20.3 Å². The van der Waals surface area contributed by atoms with Crippen molar-refractivity contribution >= 4 is 45.2 Å². The van der Waals surface area contributed by atoms with Gasteiger partial charge >= 0.3 is 0 Å². The molecule has 2 aromatic heterocycles. The summed E-state index contributed by atoms with van der Waals surface area (Å²) in [5, 5.41) is 1.40. The Morgan fingerprint density at radius 3 is 2.65 bits per heavy atom. The van der Waals surface area contributed by atoms with Gasteiger partial charge in [-0.1, -0.05) is 29.8 Å². The number of hydrogen-bond donors (Lipinski definition) is 0. The molecule has 5 heteroatoms. The summed E-state index contributed by atoms with van der Waals surface area (Å²) < 4.78 is 3.07. The van der Waals surface area contributed by atoms with Crippen molar-refractivity contribution in [3.63, 3.8) is 0 Å². The van der Waals surface area contributed by atoms with E-state index in [0.29, 0.717) is 5.15 Å². The molecule has 3 rings (SSSR count). The molecule has 0 spiro atoms. The number of nitrogens with zero attached hydrogens (tertiary/aromatic N) is 3. The van der Waals surface area contributed by atoms with Crippen LogP contribution < -0.4 is 0 Å². The topological polar surface area (TPSA) is 30.7 Å². The maximum absolute atomic E-state index is 6.09. The van der Waals surface area contributed by atoms with Gasteiger partial charge in [-0.05, 0) is 34.7 Å². The van der Waals surface area contributed by atoms with Gasteiger partial charge in [-0.15, -0.1) is 0 Å². The van der Waals surface area contributed by atoms with Crippen LogP contribution in [0, 0.1) is 3.57 Å². The fourth-order valence-electron chi connectivity index (χ4n) is 1.77. The Labute approximate surface area is 117 Å². The third kappa shape index (κ3) is 1.81. The first-order chi connectivity index (χ1) is 8.27. The molecule has 0 radical (unpaired) electrons. The summed E-state index contributed by atoms with van der Waals surface area (Å²) in [6.07, 6.45) is 3.50. The first kappa shape index (κ1) is 11.0. The van der Waals surface area contributed by atoms with Crippen LogP contribution in [-0.4, -0.2) is 14.5 Å². The Morgan fingerprint density at radius 2 is 1.88 bits per heavy atom. The lowest BCUT2D eigenvalue weighted by Crippen LogP contribution is -1.93. The number of aromatic nitrogens is 3. The van der Waals surface area contributed by atoms with Gasteiger partial charge in [0.2, 0.25) is 0 Å². The van der Waals surface area contributed by atoms with E-state index in [2.05, 4.69) is 32.6 Å². The number of fused-ring (bicyclic) bond motifs is 1. The van der Waals surface area contributed by atoms with Gasteiger partial charge in [-0.25, -0.2) is 9.97 Å². The predicted molar refractivity (Wildman–Crippen MR) is 76.6 cm³/mol. The molecule has 84 valence electrons. The highest BCUT2D eigenvalue weighted by Gasteiger charge is 2.12. The number of halogens is 2. The van der Waals surface area contributed by atoms with Crippen molar-refractivity contribution in [3.05, 3.63) is 51.6 Å². The fraction of sp³-hybridized carbons (Fsp3) is 0. The van der Waals surface area contributed by atoms with E-state index >= 15 is 0 Å². The van der Waals surface area contributed by atoms with Crippen LogP contribution in [-0.2, 0) is 0 Å². The fourth-order valence-corrected chi connectivity index (χ4v) is 2.93. The van der Waals surface area contributed by atoms with Crippen LogP contribution in [0.3, 0.4) is 0 Å². The average molecular weight is 356 g/mol. The number of para-hydroxylation sites is 1. The highest BCUT2D eigenvalue weighted by molar-refractivity contribution is 14.1. The molecule has 0 aliphatic rings. The van der Waals surface area contributed by atoms with Crippen LogP contribution in [0.4, 0.5) is 0 Å². The van der Waals surface area contributed by atoms with Gasteiger partial charge in [-0.2, -0.15) is 0 Å². The minimum Gasteiger partial charge on any atom is -0.300 e. The second-order valence-electron chi connectivity index (χ2n) is 3.55. The van der Waals surface area contributed by atoms with E-state index in [9.17, 15) is 0 Å². The summed E-state index contributed by atoms with van der Waals surface area (Å²) in [5.41, 5.74) is 1.90. The smallest absolute Gasteiger partial charge is 0.150 e. The lowest BCUT2D eigenvalue weighted by Gasteiger charge is -2.03. The minimum atomic E-state index is 0.495. The molecule has 0 fully saturated rings. The SMILES string of the molecule is Clc1ncnc2c1c(I)cn2-c1ccccc1. The highest BCUT2D eigenvalue weighted by atomic mass is 127. The highest BCUT2D eigenvalue weighted by Crippen LogP contribution is 2.28. The Hall–Kier alpha value is -1.14. The van der Waals surface area contributed by atoms with Crippen LogP contribution in [0.25, 0.3) is 16.7 Å². The molecular weight excluding hydrogens is 349 g/mol. The lowest BCUT2D eigenvalue weighted by molar-refractivity contribution is 1.07. The van der Waals surface area contributed by atoms with E-state index in [4.69, 9.17) is 11.6 Å². The van der Waals surface area contributed by atoms with Crippen molar-refractivity contribution in [1.29, 1.82) is 0 Å². The summed E-state index contributed by atoms with van der Waals surface area (Å²) >= 11 is 8.34. The van der Waals surface area contributed by atoms with E-state index in [1.807, 2.05) is 41.1 Å². The van der Waals surface area contributed by atoms with Crippen molar-refractivity contribution in [3.8, 4) is 5.69 Å². The zero-order chi connectivity index (χ0) is 11.8. The maximum atomic E-state index is 6.09. The maximum Gasteiger partial charge on any atom is 0.150 e. The van der Waals surface area contributed by atoms with Crippen molar-refractivity contribution < 1.29 is 0 Å². The van der Waals surface area contributed by atoms with Crippen molar-refractivity contribution in [2.45, 2.75) is 0 Å². The molecule has 0 unspecified atom stereocenters.